The van der Waals surface area contributed by atoms with Crippen molar-refractivity contribution in [3.8, 4) is 0 Å². The molecule has 0 amide bonds. The third-order valence-corrected chi connectivity index (χ3v) is 8.82. The lowest BCUT2D eigenvalue weighted by Gasteiger charge is -2.65. The number of hydrogen-bond donors (Lipinski definition) is 1. The van der Waals surface area contributed by atoms with Crippen LogP contribution in [0, 0.1) is 27.6 Å². The van der Waals surface area contributed by atoms with Crippen molar-refractivity contribution in [1.29, 1.82) is 0 Å². The van der Waals surface area contributed by atoms with Gasteiger partial charge in [0.2, 0.25) is 6.10 Å². The van der Waals surface area contributed by atoms with Crippen LogP contribution in [-0.4, -0.2) is 35.4 Å². The van der Waals surface area contributed by atoms with Gasteiger partial charge in [0.15, 0.2) is 0 Å². The molecule has 1 heterocycles. The van der Waals surface area contributed by atoms with Gasteiger partial charge in [-0.2, -0.15) is 0 Å². The summed E-state index contributed by atoms with van der Waals surface area (Å²) in [6, 6.07) is 0. The Hall–Kier alpha value is -1.10. The minimum absolute atomic E-state index is 0.308. The third-order valence-electron chi connectivity index (χ3n) is 8.82. The van der Waals surface area contributed by atoms with Crippen molar-refractivity contribution in [2.24, 2.45) is 27.6 Å². The summed E-state index contributed by atoms with van der Waals surface area (Å²) in [4.78, 5) is 22.6. The molecule has 5 unspecified atom stereocenters. The van der Waals surface area contributed by atoms with Crippen molar-refractivity contribution >= 4 is 11.9 Å². The zero-order valence-electron chi connectivity index (χ0n) is 21.5. The molecule has 0 aromatic carbocycles. The van der Waals surface area contributed by atoms with Gasteiger partial charge in [-0.3, -0.25) is 4.79 Å². The second-order valence-corrected chi connectivity index (χ2v) is 13.3. The Bertz CT molecular complexity index is 706. The SMILES string of the molecule is CCC(C)(C)C(=O)OC1CCOC1=O.CCC(C)(C)CC12CC3CC(C)(CC(O)(C3)C1)C2. The van der Waals surface area contributed by atoms with Crippen LogP contribution in [0.25, 0.3) is 0 Å². The topological polar surface area (TPSA) is 72.8 Å². The molecule has 5 nitrogen and oxygen atoms in total. The highest BCUT2D eigenvalue weighted by Gasteiger charge is 2.61. The maximum Gasteiger partial charge on any atom is 0.347 e. The highest BCUT2D eigenvalue weighted by molar-refractivity contribution is 5.82. The highest BCUT2D eigenvalue weighted by atomic mass is 16.6. The smallest absolute Gasteiger partial charge is 0.347 e. The Labute approximate surface area is 195 Å². The molecular weight excluding hydrogens is 404 g/mol. The first-order chi connectivity index (χ1) is 14.6. The van der Waals surface area contributed by atoms with Gasteiger partial charge < -0.3 is 14.6 Å². The van der Waals surface area contributed by atoms with Gasteiger partial charge in [0.1, 0.15) is 0 Å². The van der Waals surface area contributed by atoms with Crippen molar-refractivity contribution in [3.63, 3.8) is 0 Å². The van der Waals surface area contributed by atoms with Gasteiger partial charge in [-0.05, 0) is 87.4 Å². The third kappa shape index (κ3) is 5.51. The first-order valence-corrected chi connectivity index (χ1v) is 12.7. The van der Waals surface area contributed by atoms with Gasteiger partial charge in [-0.15, -0.1) is 0 Å². The number of esters is 2. The Morgan fingerprint density at radius 2 is 1.78 bits per heavy atom. The van der Waals surface area contributed by atoms with E-state index in [0.717, 1.165) is 25.2 Å². The number of carbonyl (C=O) groups is 2. The summed E-state index contributed by atoms with van der Waals surface area (Å²) >= 11 is 0. The van der Waals surface area contributed by atoms with Crippen molar-refractivity contribution in [2.75, 3.05) is 6.61 Å². The standard InChI is InChI=1S/C17H30O.C10H16O4/c1-5-14(2,3)9-16-7-13-6-15(4,10-16)11-17(18,8-13)12-16;1-4-10(2,3)9(12)14-7-5-6-13-8(7)11/h13,18H,5-12H2,1-4H3;7H,4-6H2,1-3H3. The van der Waals surface area contributed by atoms with Gasteiger partial charge in [0.25, 0.3) is 0 Å². The monoisotopic (exact) mass is 450 g/mol. The molecule has 32 heavy (non-hydrogen) atoms. The average Bonchev–Trinajstić information content (AvgIpc) is 3.03. The molecule has 5 rings (SSSR count). The molecule has 184 valence electrons. The lowest BCUT2D eigenvalue weighted by atomic mass is 9.41. The molecule has 0 radical (unpaired) electrons. The fraction of sp³-hybridized carbons (Fsp3) is 0.926. The van der Waals surface area contributed by atoms with E-state index < -0.39 is 17.5 Å². The first-order valence-electron chi connectivity index (χ1n) is 12.7. The predicted octanol–water partition coefficient (Wildman–Crippen LogP) is 5.82. The van der Waals surface area contributed by atoms with Crippen LogP contribution in [0.15, 0.2) is 0 Å². The molecule has 1 aliphatic heterocycles. The largest absolute Gasteiger partial charge is 0.463 e. The minimum atomic E-state index is -0.687. The van der Waals surface area contributed by atoms with Crippen LogP contribution in [-0.2, 0) is 19.1 Å². The molecule has 4 aliphatic carbocycles. The molecular formula is C27H46O5. The van der Waals surface area contributed by atoms with Crippen LogP contribution in [0.3, 0.4) is 0 Å². The van der Waals surface area contributed by atoms with Crippen LogP contribution >= 0.6 is 0 Å². The summed E-state index contributed by atoms with van der Waals surface area (Å²) in [7, 11) is 0. The molecule has 4 bridgehead atoms. The molecule has 1 N–H and O–H groups in total. The number of rotatable bonds is 6. The fourth-order valence-corrected chi connectivity index (χ4v) is 7.44. The molecule has 0 aromatic heterocycles. The molecule has 1 saturated heterocycles. The lowest BCUT2D eigenvalue weighted by molar-refractivity contribution is -0.203. The Balaban J connectivity index is 0.000000188. The molecule has 4 saturated carbocycles. The predicted molar refractivity (Wildman–Crippen MR) is 125 cm³/mol. The molecule has 0 spiro atoms. The second-order valence-electron chi connectivity index (χ2n) is 13.3. The number of hydrogen-bond acceptors (Lipinski definition) is 5. The van der Waals surface area contributed by atoms with E-state index in [1.165, 1.54) is 32.1 Å². The van der Waals surface area contributed by atoms with Crippen LogP contribution in [0.5, 0.6) is 0 Å². The number of carbonyl (C=O) groups excluding carboxylic acids is 2. The zero-order valence-corrected chi connectivity index (χ0v) is 21.5. The highest BCUT2D eigenvalue weighted by Crippen LogP contribution is 2.68. The zero-order chi connectivity index (χ0) is 24.0. The van der Waals surface area contributed by atoms with E-state index in [1.54, 1.807) is 13.8 Å². The van der Waals surface area contributed by atoms with E-state index in [2.05, 4.69) is 27.7 Å². The van der Waals surface area contributed by atoms with E-state index in [-0.39, 0.29) is 11.6 Å². The quantitative estimate of drug-likeness (QED) is 0.517. The van der Waals surface area contributed by atoms with E-state index in [1.807, 2.05) is 6.92 Å². The van der Waals surface area contributed by atoms with Gasteiger partial charge in [-0.1, -0.05) is 41.0 Å². The molecule has 5 heteroatoms. The van der Waals surface area contributed by atoms with Crippen molar-refractivity contribution in [2.45, 2.75) is 124 Å². The van der Waals surface area contributed by atoms with Gasteiger partial charge >= 0.3 is 11.9 Å². The van der Waals surface area contributed by atoms with Gasteiger partial charge in [-0.25, -0.2) is 4.79 Å². The molecule has 0 aromatic rings. The summed E-state index contributed by atoms with van der Waals surface area (Å²) in [6.07, 6.45) is 10.5. The van der Waals surface area contributed by atoms with Crippen molar-refractivity contribution in [3.05, 3.63) is 0 Å². The molecule has 5 aliphatic rings. The van der Waals surface area contributed by atoms with Crippen LogP contribution < -0.4 is 0 Å². The summed E-state index contributed by atoms with van der Waals surface area (Å²) in [5.74, 6) is 0.0537. The Morgan fingerprint density at radius 3 is 2.28 bits per heavy atom. The first kappa shape index (κ1) is 25.5. The van der Waals surface area contributed by atoms with E-state index in [9.17, 15) is 14.7 Å². The van der Waals surface area contributed by atoms with Crippen molar-refractivity contribution < 1.29 is 24.2 Å². The number of aliphatic hydroxyl groups is 1. The summed E-state index contributed by atoms with van der Waals surface area (Å²) < 4.78 is 9.76. The minimum Gasteiger partial charge on any atom is -0.463 e. The average molecular weight is 451 g/mol. The maximum atomic E-state index is 11.6. The summed E-state index contributed by atoms with van der Waals surface area (Å²) in [6.45, 7) is 15.5. The van der Waals surface area contributed by atoms with Gasteiger partial charge in [0.05, 0.1) is 17.6 Å². The Morgan fingerprint density at radius 1 is 1.09 bits per heavy atom. The van der Waals surface area contributed by atoms with Gasteiger partial charge in [0, 0.05) is 6.42 Å². The van der Waals surface area contributed by atoms with E-state index in [0.29, 0.717) is 35.7 Å². The Kier molecular flexibility index (Phi) is 6.86. The van der Waals surface area contributed by atoms with E-state index >= 15 is 0 Å². The fourth-order valence-electron chi connectivity index (χ4n) is 7.44. The van der Waals surface area contributed by atoms with Crippen molar-refractivity contribution in [1.82, 2.24) is 0 Å². The van der Waals surface area contributed by atoms with Crippen LogP contribution in [0.2, 0.25) is 0 Å². The van der Waals surface area contributed by atoms with Crippen LogP contribution in [0.1, 0.15) is 113 Å². The normalized spacial score (nSPS) is 38.2. The summed E-state index contributed by atoms with van der Waals surface area (Å²) in [5.41, 5.74) is 0.514. The second kappa shape index (κ2) is 8.60. The van der Waals surface area contributed by atoms with E-state index in [4.69, 9.17) is 9.47 Å². The summed E-state index contributed by atoms with van der Waals surface area (Å²) in [5, 5.41) is 10.9. The van der Waals surface area contributed by atoms with Crippen LogP contribution in [0.4, 0.5) is 0 Å². The molecule has 5 atom stereocenters. The number of ether oxygens (including phenoxy) is 2. The maximum absolute atomic E-state index is 11.6. The number of cyclic esters (lactones) is 1. The lowest BCUT2D eigenvalue weighted by Crippen LogP contribution is -2.59. The molecule has 5 fully saturated rings.